The van der Waals surface area contributed by atoms with Crippen LogP contribution in [0.5, 0.6) is 0 Å². The van der Waals surface area contributed by atoms with Gasteiger partial charge in [0, 0.05) is 28.4 Å². The van der Waals surface area contributed by atoms with E-state index in [9.17, 15) is 14.4 Å². The zero-order valence-corrected chi connectivity index (χ0v) is 13.4. The van der Waals surface area contributed by atoms with Gasteiger partial charge in [-0.1, -0.05) is 12.1 Å². The first-order valence-corrected chi connectivity index (χ1v) is 8.13. The van der Waals surface area contributed by atoms with E-state index in [1.807, 2.05) is 0 Å². The number of benzene rings is 2. The maximum Gasteiger partial charge on any atom is 0.261 e. The van der Waals surface area contributed by atoms with Crippen molar-refractivity contribution in [3.05, 3.63) is 52.1 Å². The Morgan fingerprint density at radius 3 is 2.64 bits per heavy atom. The fraction of sp³-hybridized carbons (Fsp3) is 0.222. The van der Waals surface area contributed by atoms with Crippen LogP contribution in [0, 0.1) is 0 Å². The number of amides is 2. The zero-order valence-electron chi connectivity index (χ0n) is 13.4. The van der Waals surface area contributed by atoms with E-state index in [0.29, 0.717) is 52.3 Å². The first kappa shape index (κ1) is 15.5. The topological polar surface area (TPSA) is 109 Å². The van der Waals surface area contributed by atoms with Crippen molar-refractivity contribution < 1.29 is 9.59 Å². The van der Waals surface area contributed by atoms with Gasteiger partial charge in [0.25, 0.3) is 17.4 Å². The summed E-state index contributed by atoms with van der Waals surface area (Å²) in [4.78, 5) is 45.9. The summed E-state index contributed by atoms with van der Waals surface area (Å²) in [6, 6.07) is 6.77. The molecule has 7 nitrogen and oxygen atoms in total. The van der Waals surface area contributed by atoms with Crippen LogP contribution in [0.25, 0.3) is 21.7 Å². The van der Waals surface area contributed by atoms with Gasteiger partial charge in [0.1, 0.15) is 0 Å². The van der Waals surface area contributed by atoms with Gasteiger partial charge in [0.05, 0.1) is 17.2 Å². The van der Waals surface area contributed by atoms with E-state index in [1.165, 1.54) is 17.3 Å². The Hall–Kier alpha value is -3.06. The highest BCUT2D eigenvalue weighted by atomic mass is 16.2. The van der Waals surface area contributed by atoms with Gasteiger partial charge in [-0.15, -0.1) is 0 Å². The van der Waals surface area contributed by atoms with Crippen LogP contribution >= 0.6 is 0 Å². The third-order valence-electron chi connectivity index (χ3n) is 4.55. The number of imide groups is 1. The summed E-state index contributed by atoms with van der Waals surface area (Å²) in [6.45, 7) is 0.820. The lowest BCUT2D eigenvalue weighted by atomic mass is 9.92. The van der Waals surface area contributed by atoms with E-state index < -0.39 is 0 Å². The van der Waals surface area contributed by atoms with Gasteiger partial charge in [-0.2, -0.15) is 0 Å². The minimum absolute atomic E-state index is 0.312. The van der Waals surface area contributed by atoms with Crippen molar-refractivity contribution in [1.29, 1.82) is 0 Å². The highest BCUT2D eigenvalue weighted by Crippen LogP contribution is 2.33. The SMILES string of the molecule is NCCCCN1C(=O)c2cccc3c2c(cc2c(=O)[nH]cnc23)C1=O. The Balaban J connectivity index is 2.00. The van der Waals surface area contributed by atoms with Gasteiger partial charge in [0.2, 0.25) is 0 Å². The third kappa shape index (κ3) is 2.24. The molecule has 1 aliphatic rings. The van der Waals surface area contributed by atoms with E-state index in [-0.39, 0.29) is 17.4 Å². The first-order chi connectivity index (χ1) is 12.1. The van der Waals surface area contributed by atoms with E-state index in [2.05, 4.69) is 9.97 Å². The number of nitrogens with one attached hydrogen (secondary N) is 1. The number of fused-ring (bicyclic) bond motifs is 2. The molecule has 0 unspecified atom stereocenters. The minimum Gasteiger partial charge on any atom is -0.330 e. The van der Waals surface area contributed by atoms with Gasteiger partial charge in [0.15, 0.2) is 0 Å². The standard InChI is InChI=1S/C18H16N4O3/c19-6-1-2-7-22-17(24)11-5-3-4-10-14(11)12(18(22)25)8-13-15(10)20-9-21-16(13)23/h3-5,8-9H,1-2,6-7,19H2,(H,20,21,23). The van der Waals surface area contributed by atoms with Gasteiger partial charge >= 0.3 is 0 Å². The van der Waals surface area contributed by atoms with E-state index in [0.717, 1.165) is 6.42 Å². The molecule has 2 amide bonds. The van der Waals surface area contributed by atoms with Gasteiger partial charge in [-0.3, -0.25) is 19.3 Å². The number of hydrogen-bond acceptors (Lipinski definition) is 5. The van der Waals surface area contributed by atoms with Crippen LogP contribution in [0.4, 0.5) is 0 Å². The second-order valence-electron chi connectivity index (χ2n) is 6.04. The van der Waals surface area contributed by atoms with Gasteiger partial charge < -0.3 is 10.7 Å². The van der Waals surface area contributed by atoms with Crippen LogP contribution in [0.15, 0.2) is 35.4 Å². The third-order valence-corrected chi connectivity index (χ3v) is 4.55. The highest BCUT2D eigenvalue weighted by Gasteiger charge is 2.33. The lowest BCUT2D eigenvalue weighted by molar-refractivity contribution is 0.0608. The number of nitrogens with zero attached hydrogens (tertiary/aromatic N) is 2. The van der Waals surface area contributed by atoms with Crippen LogP contribution in [-0.4, -0.2) is 39.8 Å². The quantitative estimate of drug-likeness (QED) is 0.425. The number of aromatic amines is 1. The van der Waals surface area contributed by atoms with Crippen LogP contribution < -0.4 is 11.3 Å². The molecule has 25 heavy (non-hydrogen) atoms. The van der Waals surface area contributed by atoms with Crippen molar-refractivity contribution in [2.24, 2.45) is 5.73 Å². The fourth-order valence-electron chi connectivity index (χ4n) is 3.36. The summed E-state index contributed by atoms with van der Waals surface area (Å²) in [7, 11) is 0. The molecule has 0 spiro atoms. The van der Waals surface area contributed by atoms with E-state index in [1.54, 1.807) is 18.2 Å². The Bertz CT molecular complexity index is 1090. The molecule has 0 aliphatic carbocycles. The summed E-state index contributed by atoms with van der Waals surface area (Å²) >= 11 is 0. The Morgan fingerprint density at radius 1 is 1.04 bits per heavy atom. The molecule has 3 N–H and O–H groups in total. The summed E-state index contributed by atoms with van der Waals surface area (Å²) < 4.78 is 0. The second-order valence-corrected chi connectivity index (χ2v) is 6.04. The number of carbonyl (C=O) groups excluding carboxylic acids is 2. The number of carbonyl (C=O) groups is 2. The lowest BCUT2D eigenvalue weighted by Crippen LogP contribution is -2.41. The van der Waals surface area contributed by atoms with Crippen molar-refractivity contribution in [2.45, 2.75) is 12.8 Å². The number of unbranched alkanes of at least 4 members (excludes halogenated alkanes) is 1. The Morgan fingerprint density at radius 2 is 1.84 bits per heavy atom. The van der Waals surface area contributed by atoms with Crippen molar-refractivity contribution in [1.82, 2.24) is 14.9 Å². The number of aromatic nitrogens is 2. The monoisotopic (exact) mass is 336 g/mol. The zero-order chi connectivity index (χ0) is 17.6. The lowest BCUT2D eigenvalue weighted by Gasteiger charge is -2.27. The molecule has 2 heterocycles. The summed E-state index contributed by atoms with van der Waals surface area (Å²) in [5, 5.41) is 1.55. The normalized spacial score (nSPS) is 13.9. The molecule has 1 aromatic heterocycles. The van der Waals surface area contributed by atoms with Crippen LogP contribution in [0.3, 0.4) is 0 Å². The Labute approximate surface area is 142 Å². The number of hydrogen-bond donors (Lipinski definition) is 2. The molecule has 3 aromatic rings. The molecule has 4 rings (SSSR count). The van der Waals surface area contributed by atoms with Crippen LogP contribution in [0.2, 0.25) is 0 Å². The van der Waals surface area contributed by atoms with Gasteiger partial charge in [-0.25, -0.2) is 4.98 Å². The maximum absolute atomic E-state index is 12.9. The molecule has 0 saturated heterocycles. The second kappa shape index (κ2) is 5.78. The van der Waals surface area contributed by atoms with Gasteiger partial charge in [-0.05, 0) is 31.5 Å². The molecule has 0 bridgehead atoms. The molecule has 1 aliphatic heterocycles. The predicted molar refractivity (Wildman–Crippen MR) is 93.5 cm³/mol. The molecule has 0 saturated carbocycles. The van der Waals surface area contributed by atoms with Crippen LogP contribution in [0.1, 0.15) is 33.6 Å². The van der Waals surface area contributed by atoms with Crippen molar-refractivity contribution in [3.8, 4) is 0 Å². The van der Waals surface area contributed by atoms with Crippen molar-refractivity contribution in [2.75, 3.05) is 13.1 Å². The average molecular weight is 336 g/mol. The Kier molecular flexibility index (Phi) is 3.58. The highest BCUT2D eigenvalue weighted by molar-refractivity contribution is 6.28. The molecule has 2 aromatic carbocycles. The molecule has 0 atom stereocenters. The van der Waals surface area contributed by atoms with E-state index in [4.69, 9.17) is 5.73 Å². The maximum atomic E-state index is 12.9. The summed E-state index contributed by atoms with van der Waals surface area (Å²) in [5.74, 6) is -0.694. The molecule has 0 radical (unpaired) electrons. The molecule has 126 valence electrons. The minimum atomic E-state index is -0.379. The number of nitrogens with two attached hydrogens (primary N) is 1. The first-order valence-electron chi connectivity index (χ1n) is 8.13. The number of rotatable bonds is 4. The molecule has 7 heteroatoms. The van der Waals surface area contributed by atoms with Crippen LogP contribution in [-0.2, 0) is 0 Å². The molecule has 0 fully saturated rings. The largest absolute Gasteiger partial charge is 0.330 e. The predicted octanol–water partition coefficient (Wildman–Crippen LogP) is 1.41. The number of H-pyrrole nitrogens is 1. The summed E-state index contributed by atoms with van der Waals surface area (Å²) in [6.07, 6.45) is 2.70. The molecular formula is C18H16N4O3. The van der Waals surface area contributed by atoms with Crippen molar-refractivity contribution >= 4 is 33.5 Å². The van der Waals surface area contributed by atoms with E-state index >= 15 is 0 Å². The molecular weight excluding hydrogens is 320 g/mol. The van der Waals surface area contributed by atoms with Crippen molar-refractivity contribution in [3.63, 3.8) is 0 Å². The summed E-state index contributed by atoms with van der Waals surface area (Å²) in [5.41, 5.74) is 6.50. The fourth-order valence-corrected chi connectivity index (χ4v) is 3.36. The average Bonchev–Trinajstić information content (AvgIpc) is 2.63. The smallest absolute Gasteiger partial charge is 0.261 e.